The molecule has 0 fully saturated rings. The number of amides is 1. The maximum absolute atomic E-state index is 12.6. The Balaban J connectivity index is 1.66. The van der Waals surface area contributed by atoms with Crippen LogP contribution in [-0.2, 0) is 11.2 Å². The van der Waals surface area contributed by atoms with Crippen molar-refractivity contribution in [2.24, 2.45) is 10.7 Å². The number of nitrogens with zero attached hydrogens (tertiary/aromatic N) is 2. The highest BCUT2D eigenvalue weighted by Crippen LogP contribution is 2.26. The van der Waals surface area contributed by atoms with Crippen LogP contribution in [0.5, 0.6) is 0 Å². The second kappa shape index (κ2) is 7.38. The van der Waals surface area contributed by atoms with Crippen LogP contribution in [0.1, 0.15) is 23.1 Å². The van der Waals surface area contributed by atoms with Crippen LogP contribution in [-0.4, -0.2) is 25.0 Å². The summed E-state index contributed by atoms with van der Waals surface area (Å²) >= 11 is 0. The van der Waals surface area contributed by atoms with E-state index in [0.717, 1.165) is 41.9 Å². The van der Waals surface area contributed by atoms with E-state index in [2.05, 4.69) is 22.4 Å². The van der Waals surface area contributed by atoms with E-state index < -0.39 is 0 Å². The molecule has 1 heterocycles. The van der Waals surface area contributed by atoms with Gasteiger partial charge in [-0.3, -0.25) is 4.79 Å². The van der Waals surface area contributed by atoms with Crippen LogP contribution >= 0.6 is 0 Å². The minimum absolute atomic E-state index is 0.0303. The van der Waals surface area contributed by atoms with Crippen LogP contribution in [0.4, 0.5) is 11.4 Å². The fourth-order valence-corrected chi connectivity index (χ4v) is 3.27. The Morgan fingerprint density at radius 3 is 2.68 bits per heavy atom. The van der Waals surface area contributed by atoms with E-state index in [9.17, 15) is 4.79 Å². The number of benzene rings is 2. The third-order valence-electron chi connectivity index (χ3n) is 4.29. The van der Waals surface area contributed by atoms with Crippen LogP contribution in [0.25, 0.3) is 0 Å². The maximum Gasteiger partial charge on any atom is 0.248 e. The number of fused-ring (bicyclic) bond motifs is 1. The lowest BCUT2D eigenvalue weighted by Crippen LogP contribution is -2.37. The molecule has 1 aliphatic heterocycles. The standard InChI is InChI=1S/C20H24N4O/c1-14-10-15(2)12-17(11-14)23-20(21)22-13-19(25)24-9-5-7-16-6-3-4-8-18(16)24/h3-4,6,8,10-12H,5,7,9,13H2,1-2H3,(H3,21,22,23). The summed E-state index contributed by atoms with van der Waals surface area (Å²) in [6, 6.07) is 14.1. The van der Waals surface area contributed by atoms with Gasteiger partial charge in [0.05, 0.1) is 0 Å². The number of hydrogen-bond acceptors (Lipinski definition) is 2. The molecule has 0 spiro atoms. The molecule has 130 valence electrons. The first-order chi connectivity index (χ1) is 12.0. The number of anilines is 2. The molecule has 1 amide bonds. The molecule has 0 aliphatic carbocycles. The largest absolute Gasteiger partial charge is 0.370 e. The zero-order chi connectivity index (χ0) is 17.8. The lowest BCUT2D eigenvalue weighted by atomic mass is 10.0. The number of carbonyl (C=O) groups excluding carboxylic acids is 1. The SMILES string of the molecule is Cc1cc(C)cc(NC(N)=NCC(=O)N2CCCc3ccccc32)c1. The van der Waals surface area contributed by atoms with Crippen molar-refractivity contribution >= 4 is 23.2 Å². The zero-order valence-corrected chi connectivity index (χ0v) is 14.7. The molecule has 0 unspecified atom stereocenters. The number of carbonyl (C=O) groups is 1. The van der Waals surface area contributed by atoms with Crippen molar-refractivity contribution in [1.29, 1.82) is 0 Å². The zero-order valence-electron chi connectivity index (χ0n) is 14.7. The van der Waals surface area contributed by atoms with E-state index >= 15 is 0 Å². The van der Waals surface area contributed by atoms with Crippen molar-refractivity contribution < 1.29 is 4.79 Å². The van der Waals surface area contributed by atoms with Gasteiger partial charge in [-0.05, 0) is 61.6 Å². The van der Waals surface area contributed by atoms with E-state index in [1.807, 2.05) is 49.1 Å². The highest BCUT2D eigenvalue weighted by Gasteiger charge is 2.21. The summed E-state index contributed by atoms with van der Waals surface area (Å²) in [7, 11) is 0. The Morgan fingerprint density at radius 1 is 1.20 bits per heavy atom. The monoisotopic (exact) mass is 336 g/mol. The van der Waals surface area contributed by atoms with E-state index in [1.54, 1.807) is 0 Å². The van der Waals surface area contributed by atoms with Gasteiger partial charge in [-0.25, -0.2) is 4.99 Å². The summed E-state index contributed by atoms with van der Waals surface area (Å²) in [4.78, 5) is 18.6. The molecular weight excluding hydrogens is 312 g/mol. The summed E-state index contributed by atoms with van der Waals surface area (Å²) in [5, 5.41) is 3.06. The van der Waals surface area contributed by atoms with Gasteiger partial charge in [0, 0.05) is 17.9 Å². The number of aryl methyl sites for hydroxylation is 3. The van der Waals surface area contributed by atoms with Gasteiger partial charge in [-0.15, -0.1) is 0 Å². The Bertz CT molecular complexity index is 793. The number of nitrogens with two attached hydrogens (primary N) is 1. The average Bonchev–Trinajstić information content (AvgIpc) is 2.58. The molecule has 0 radical (unpaired) electrons. The molecule has 5 nitrogen and oxygen atoms in total. The lowest BCUT2D eigenvalue weighted by Gasteiger charge is -2.29. The van der Waals surface area contributed by atoms with Gasteiger partial charge < -0.3 is 16.0 Å². The van der Waals surface area contributed by atoms with Gasteiger partial charge in [0.2, 0.25) is 5.91 Å². The number of para-hydroxylation sites is 1. The summed E-state index contributed by atoms with van der Waals surface area (Å²) in [6.07, 6.45) is 1.99. The molecule has 0 bridgehead atoms. The van der Waals surface area contributed by atoms with Crippen LogP contribution in [0.3, 0.4) is 0 Å². The quantitative estimate of drug-likeness (QED) is 0.668. The average molecular weight is 336 g/mol. The molecule has 1 aliphatic rings. The predicted octanol–water partition coefficient (Wildman–Crippen LogP) is 3.01. The predicted molar refractivity (Wildman–Crippen MR) is 103 cm³/mol. The number of rotatable bonds is 3. The maximum atomic E-state index is 12.6. The van der Waals surface area contributed by atoms with Gasteiger partial charge in [0.25, 0.3) is 0 Å². The topological polar surface area (TPSA) is 70.7 Å². The number of nitrogens with one attached hydrogen (secondary N) is 1. The molecule has 2 aromatic rings. The third-order valence-corrected chi connectivity index (χ3v) is 4.29. The van der Waals surface area contributed by atoms with Crippen LogP contribution in [0.2, 0.25) is 0 Å². The Labute approximate surface area is 148 Å². The minimum Gasteiger partial charge on any atom is -0.370 e. The molecule has 25 heavy (non-hydrogen) atoms. The second-order valence-electron chi connectivity index (χ2n) is 6.48. The highest BCUT2D eigenvalue weighted by molar-refractivity contribution is 5.99. The van der Waals surface area contributed by atoms with Gasteiger partial charge in [0.15, 0.2) is 5.96 Å². The normalized spacial score (nSPS) is 14.2. The molecule has 2 aromatic carbocycles. The van der Waals surface area contributed by atoms with Crippen LogP contribution in [0.15, 0.2) is 47.5 Å². The van der Waals surface area contributed by atoms with E-state index in [-0.39, 0.29) is 18.4 Å². The highest BCUT2D eigenvalue weighted by atomic mass is 16.2. The van der Waals surface area contributed by atoms with Gasteiger partial charge >= 0.3 is 0 Å². The van der Waals surface area contributed by atoms with Crippen molar-refractivity contribution in [2.75, 3.05) is 23.3 Å². The molecular formula is C20H24N4O. The van der Waals surface area contributed by atoms with Crippen LogP contribution < -0.4 is 16.0 Å². The summed E-state index contributed by atoms with van der Waals surface area (Å²) in [5.41, 5.74) is 11.3. The smallest absolute Gasteiger partial charge is 0.248 e. The fourth-order valence-electron chi connectivity index (χ4n) is 3.27. The third kappa shape index (κ3) is 4.18. The first kappa shape index (κ1) is 17.0. The summed E-state index contributed by atoms with van der Waals surface area (Å²) in [6.45, 7) is 4.83. The molecule has 0 saturated heterocycles. The Hall–Kier alpha value is -2.82. The van der Waals surface area contributed by atoms with Crippen molar-refractivity contribution in [3.8, 4) is 0 Å². The Kier molecular flexibility index (Phi) is 5.03. The van der Waals surface area contributed by atoms with Gasteiger partial charge in [0.1, 0.15) is 6.54 Å². The first-order valence-electron chi connectivity index (χ1n) is 8.56. The lowest BCUT2D eigenvalue weighted by molar-refractivity contribution is -0.117. The molecule has 5 heteroatoms. The van der Waals surface area contributed by atoms with E-state index in [1.165, 1.54) is 5.56 Å². The van der Waals surface area contributed by atoms with Crippen molar-refractivity contribution in [3.63, 3.8) is 0 Å². The van der Waals surface area contributed by atoms with Gasteiger partial charge in [-0.2, -0.15) is 0 Å². The fraction of sp³-hybridized carbons (Fsp3) is 0.300. The minimum atomic E-state index is -0.0303. The Morgan fingerprint density at radius 2 is 1.92 bits per heavy atom. The van der Waals surface area contributed by atoms with Crippen molar-refractivity contribution in [2.45, 2.75) is 26.7 Å². The summed E-state index contributed by atoms with van der Waals surface area (Å²) in [5.74, 6) is 0.223. The van der Waals surface area contributed by atoms with E-state index in [4.69, 9.17) is 5.73 Å². The van der Waals surface area contributed by atoms with Gasteiger partial charge in [-0.1, -0.05) is 24.3 Å². The van der Waals surface area contributed by atoms with E-state index in [0.29, 0.717) is 0 Å². The van der Waals surface area contributed by atoms with Crippen molar-refractivity contribution in [1.82, 2.24) is 0 Å². The molecule has 3 rings (SSSR count). The molecule has 3 N–H and O–H groups in total. The summed E-state index contributed by atoms with van der Waals surface area (Å²) < 4.78 is 0. The molecule has 0 saturated carbocycles. The number of aliphatic imine (C=N–C) groups is 1. The number of guanidine groups is 1. The second-order valence-corrected chi connectivity index (χ2v) is 6.48. The van der Waals surface area contributed by atoms with Crippen LogP contribution in [0, 0.1) is 13.8 Å². The first-order valence-corrected chi connectivity index (χ1v) is 8.56. The number of hydrogen-bond donors (Lipinski definition) is 2. The molecule has 0 atom stereocenters. The molecule has 0 aromatic heterocycles. The van der Waals surface area contributed by atoms with Crippen molar-refractivity contribution in [3.05, 3.63) is 59.2 Å².